The number of hydrogen-bond donors (Lipinski definition) is 2. The zero-order valence-electron chi connectivity index (χ0n) is 25.4. The number of hydrogen-bond acceptors (Lipinski definition) is 8. The van der Waals surface area contributed by atoms with E-state index >= 15 is 0 Å². The minimum atomic E-state index is -0.107. The van der Waals surface area contributed by atoms with Crippen LogP contribution in [0.5, 0.6) is 0 Å². The second-order valence-electron chi connectivity index (χ2n) is 12.0. The number of nitrogens with one attached hydrogen (secondary N) is 2. The summed E-state index contributed by atoms with van der Waals surface area (Å²) in [4.78, 5) is 30.9. The van der Waals surface area contributed by atoms with Crippen LogP contribution >= 0.6 is 0 Å². The van der Waals surface area contributed by atoms with Crippen LogP contribution in [0, 0.1) is 12.8 Å². The highest BCUT2D eigenvalue weighted by Crippen LogP contribution is 2.31. The lowest BCUT2D eigenvalue weighted by molar-refractivity contribution is 0.0808. The molecule has 5 heterocycles. The fourth-order valence-electron chi connectivity index (χ4n) is 6.71. The van der Waals surface area contributed by atoms with Crippen molar-refractivity contribution in [3.8, 4) is 0 Å². The summed E-state index contributed by atoms with van der Waals surface area (Å²) in [5, 5.41) is 7.60. The van der Waals surface area contributed by atoms with Gasteiger partial charge in [0, 0.05) is 86.0 Å². The molecule has 0 atom stereocenters. The van der Waals surface area contributed by atoms with Gasteiger partial charge in [0.2, 0.25) is 5.95 Å². The Balaban J connectivity index is 1.26. The fourth-order valence-corrected chi connectivity index (χ4v) is 6.71. The number of allylic oxidation sites excluding steroid dienone is 3. The molecule has 2 fully saturated rings. The lowest BCUT2D eigenvalue weighted by atomic mass is 9.88. The predicted octanol–water partition coefficient (Wildman–Crippen LogP) is 4.96. The maximum atomic E-state index is 14.3. The van der Waals surface area contributed by atoms with Crippen LogP contribution in [0.25, 0.3) is 22.3 Å². The standard InChI is InChI=1S/C34H40N8O2/c1-23-19-27(7-8-30(23)40-14-11-35-12-15-40)38-34-37-21-26-20-29(24(2)25-9-17-44-18-10-25)33(43)42(32(26)39-34)22-31-36-13-16-41(31)28-5-3-4-6-28/h5,7-8,13,16,19-21,25,35H,2-4,6,9-12,14-15,17-18,22H2,1H3,(H,37,38,39). The second kappa shape index (κ2) is 12.4. The Morgan fingerprint density at radius 2 is 2.00 bits per heavy atom. The highest BCUT2D eigenvalue weighted by atomic mass is 16.5. The number of aryl methyl sites for hydroxylation is 1. The Morgan fingerprint density at radius 1 is 1.16 bits per heavy atom. The van der Waals surface area contributed by atoms with Crippen molar-refractivity contribution in [1.82, 2.24) is 29.4 Å². The number of piperazine rings is 1. The van der Waals surface area contributed by atoms with Gasteiger partial charge in [-0.2, -0.15) is 4.98 Å². The molecule has 4 aromatic rings. The summed E-state index contributed by atoms with van der Waals surface area (Å²) in [7, 11) is 0. The van der Waals surface area contributed by atoms with E-state index < -0.39 is 0 Å². The van der Waals surface area contributed by atoms with Crippen molar-refractivity contribution in [2.24, 2.45) is 5.92 Å². The third-order valence-electron chi connectivity index (χ3n) is 9.14. The molecule has 7 rings (SSSR count). The van der Waals surface area contributed by atoms with Gasteiger partial charge >= 0.3 is 0 Å². The Morgan fingerprint density at radius 3 is 2.77 bits per heavy atom. The van der Waals surface area contributed by atoms with Gasteiger partial charge in [0.25, 0.3) is 5.56 Å². The molecule has 3 aromatic heterocycles. The molecule has 0 amide bonds. The molecule has 10 heteroatoms. The summed E-state index contributed by atoms with van der Waals surface area (Å²) in [6.07, 6.45) is 12.8. The SMILES string of the molecule is C=C(c1cc2cnc(Nc3ccc(N4CCNCC4)c(C)c3)nc2n(Cc2nccn2C2=CCCC2)c1=O)C1CCOCC1. The van der Waals surface area contributed by atoms with E-state index in [2.05, 4.69) is 67.8 Å². The summed E-state index contributed by atoms with van der Waals surface area (Å²) in [5.41, 5.74) is 6.51. The predicted molar refractivity (Wildman–Crippen MR) is 175 cm³/mol. The van der Waals surface area contributed by atoms with Gasteiger partial charge in [-0.3, -0.25) is 9.36 Å². The van der Waals surface area contributed by atoms with Gasteiger partial charge in [-0.15, -0.1) is 0 Å². The van der Waals surface area contributed by atoms with Gasteiger partial charge in [0.15, 0.2) is 0 Å². The first-order valence-electron chi connectivity index (χ1n) is 15.8. The number of pyridine rings is 1. The Kier molecular flexibility index (Phi) is 8.01. The van der Waals surface area contributed by atoms with Crippen LogP contribution in [0.15, 0.2) is 60.3 Å². The molecular formula is C34H40N8O2. The molecule has 1 aliphatic carbocycles. The largest absolute Gasteiger partial charge is 0.381 e. The monoisotopic (exact) mass is 592 g/mol. The lowest BCUT2D eigenvalue weighted by Crippen LogP contribution is -2.43. The average molecular weight is 593 g/mol. The van der Waals surface area contributed by atoms with Crippen molar-refractivity contribution < 1.29 is 4.74 Å². The molecule has 0 bridgehead atoms. The van der Waals surface area contributed by atoms with Crippen molar-refractivity contribution >= 4 is 39.6 Å². The lowest BCUT2D eigenvalue weighted by Gasteiger charge is -2.30. The van der Waals surface area contributed by atoms with Crippen LogP contribution in [0.3, 0.4) is 0 Å². The number of ether oxygens (including phenoxy) is 1. The van der Waals surface area contributed by atoms with Gasteiger partial charge < -0.3 is 24.8 Å². The first kappa shape index (κ1) is 28.5. The highest BCUT2D eigenvalue weighted by Gasteiger charge is 2.23. The normalized spacial score (nSPS) is 17.7. The van der Waals surface area contributed by atoms with Gasteiger partial charge in [-0.25, -0.2) is 9.97 Å². The first-order valence-corrected chi connectivity index (χ1v) is 15.8. The highest BCUT2D eigenvalue weighted by molar-refractivity contribution is 5.81. The summed E-state index contributed by atoms with van der Waals surface area (Å²) >= 11 is 0. The van der Waals surface area contributed by atoms with Crippen molar-refractivity contribution in [2.75, 3.05) is 49.6 Å². The van der Waals surface area contributed by atoms with E-state index in [1.54, 1.807) is 17.0 Å². The maximum absolute atomic E-state index is 14.3. The van der Waals surface area contributed by atoms with Crippen LogP contribution < -0.4 is 21.1 Å². The molecule has 2 aliphatic heterocycles. The molecule has 228 valence electrons. The quantitative estimate of drug-likeness (QED) is 0.296. The Hall–Kier alpha value is -4.28. The molecule has 10 nitrogen and oxygen atoms in total. The minimum Gasteiger partial charge on any atom is -0.381 e. The molecule has 2 saturated heterocycles. The third kappa shape index (κ3) is 5.67. The summed E-state index contributed by atoms with van der Waals surface area (Å²) in [6, 6.07) is 8.27. The summed E-state index contributed by atoms with van der Waals surface area (Å²) < 4.78 is 9.44. The van der Waals surface area contributed by atoms with Crippen molar-refractivity contribution in [2.45, 2.75) is 45.6 Å². The number of rotatable bonds is 8. The molecule has 0 radical (unpaired) electrons. The van der Waals surface area contributed by atoms with Crippen LogP contribution in [0.1, 0.15) is 49.1 Å². The summed E-state index contributed by atoms with van der Waals surface area (Å²) in [6.45, 7) is 12.2. The Labute approximate surface area is 257 Å². The molecule has 0 spiro atoms. The average Bonchev–Trinajstić information content (AvgIpc) is 3.75. The van der Waals surface area contributed by atoms with Crippen molar-refractivity contribution in [3.05, 3.63) is 82.8 Å². The fraction of sp³-hybridized carbons (Fsp3) is 0.412. The number of aromatic nitrogens is 5. The maximum Gasteiger partial charge on any atom is 0.260 e. The van der Waals surface area contributed by atoms with Crippen LogP contribution in [-0.4, -0.2) is 63.5 Å². The number of nitrogens with zero attached hydrogens (tertiary/aromatic N) is 6. The second-order valence-corrected chi connectivity index (χ2v) is 12.0. The van der Waals surface area contributed by atoms with Crippen molar-refractivity contribution in [1.29, 1.82) is 0 Å². The molecule has 44 heavy (non-hydrogen) atoms. The van der Waals surface area contributed by atoms with E-state index in [4.69, 9.17) is 9.72 Å². The molecular weight excluding hydrogens is 552 g/mol. The van der Waals surface area contributed by atoms with Crippen LogP contribution in [0.2, 0.25) is 0 Å². The number of imidazole rings is 1. The van der Waals surface area contributed by atoms with Gasteiger partial charge in [0.05, 0.1) is 6.54 Å². The summed E-state index contributed by atoms with van der Waals surface area (Å²) in [5.74, 6) is 1.46. The minimum absolute atomic E-state index is 0.107. The zero-order chi connectivity index (χ0) is 30.0. The van der Waals surface area contributed by atoms with E-state index in [0.29, 0.717) is 36.9 Å². The van der Waals surface area contributed by atoms with Gasteiger partial charge in [-0.05, 0) is 80.3 Å². The van der Waals surface area contributed by atoms with E-state index in [9.17, 15) is 4.79 Å². The van der Waals surface area contributed by atoms with E-state index in [1.165, 1.54) is 16.9 Å². The topological polar surface area (TPSA) is 102 Å². The molecule has 1 aromatic carbocycles. The number of anilines is 3. The molecule has 2 N–H and O–H groups in total. The van der Waals surface area contributed by atoms with E-state index in [0.717, 1.165) is 80.8 Å². The van der Waals surface area contributed by atoms with Gasteiger partial charge in [-0.1, -0.05) is 12.7 Å². The van der Waals surface area contributed by atoms with Crippen LogP contribution in [0.4, 0.5) is 17.3 Å². The third-order valence-corrected chi connectivity index (χ3v) is 9.14. The van der Waals surface area contributed by atoms with Crippen molar-refractivity contribution in [3.63, 3.8) is 0 Å². The first-order chi connectivity index (χ1) is 21.5. The zero-order valence-corrected chi connectivity index (χ0v) is 25.4. The van der Waals surface area contributed by atoms with Gasteiger partial charge in [0.1, 0.15) is 11.5 Å². The van der Waals surface area contributed by atoms with Crippen LogP contribution in [-0.2, 0) is 11.3 Å². The van der Waals surface area contributed by atoms with E-state index in [1.807, 2.05) is 12.3 Å². The number of fused-ring (bicyclic) bond motifs is 1. The Bertz CT molecular complexity index is 1780. The van der Waals surface area contributed by atoms with E-state index in [-0.39, 0.29) is 11.5 Å². The molecule has 3 aliphatic rings. The smallest absolute Gasteiger partial charge is 0.260 e. The molecule has 0 saturated carbocycles. The molecule has 0 unspecified atom stereocenters. The number of benzene rings is 1.